The van der Waals surface area contributed by atoms with Crippen LogP contribution >= 0.6 is 0 Å². The van der Waals surface area contributed by atoms with Crippen LogP contribution in [0.3, 0.4) is 0 Å². The standard InChI is InChI=1S/C19H27NO11S/c1-10-4-6-12(7-5-10)32(27,28)30-9-14(23)16(24)17-15(20-11(2)21)13(22)8-19(26,31-17)18(25)29-3/h4-7,13-17,22-24,26H,8-9H2,1-3H3,(H,20,21)/t13-,14+,15+,16+,17+,19-/m0/s1. The predicted octanol–water partition coefficient (Wildman–Crippen LogP) is -2.06. The molecule has 0 radical (unpaired) electrons. The summed E-state index contributed by atoms with van der Waals surface area (Å²) in [7, 11) is -3.32. The first-order valence-corrected chi connectivity index (χ1v) is 11.0. The van der Waals surface area contributed by atoms with Crippen molar-refractivity contribution in [2.24, 2.45) is 0 Å². The Morgan fingerprint density at radius 1 is 1.28 bits per heavy atom. The zero-order valence-corrected chi connectivity index (χ0v) is 18.5. The van der Waals surface area contributed by atoms with Crippen molar-refractivity contribution in [1.82, 2.24) is 5.32 Å². The number of ether oxygens (including phenoxy) is 2. The van der Waals surface area contributed by atoms with E-state index in [1.165, 1.54) is 12.1 Å². The summed E-state index contributed by atoms with van der Waals surface area (Å²) in [5.74, 6) is -4.59. The van der Waals surface area contributed by atoms with Crippen LogP contribution in [-0.4, -0.2) is 90.7 Å². The quantitative estimate of drug-likeness (QED) is 0.204. The predicted molar refractivity (Wildman–Crippen MR) is 106 cm³/mol. The number of methoxy groups -OCH3 is 1. The van der Waals surface area contributed by atoms with Crippen molar-refractivity contribution in [2.75, 3.05) is 13.7 Å². The lowest BCUT2D eigenvalue weighted by Gasteiger charge is -2.45. The van der Waals surface area contributed by atoms with Gasteiger partial charge in [0.05, 0.1) is 30.8 Å². The molecule has 12 nitrogen and oxygen atoms in total. The number of aryl methyl sites for hydroxylation is 1. The van der Waals surface area contributed by atoms with Gasteiger partial charge in [-0.1, -0.05) is 17.7 Å². The van der Waals surface area contributed by atoms with Crippen LogP contribution in [0.15, 0.2) is 29.2 Å². The highest BCUT2D eigenvalue weighted by atomic mass is 32.2. The molecule has 0 bridgehead atoms. The molecule has 0 aliphatic carbocycles. The van der Waals surface area contributed by atoms with Gasteiger partial charge in [-0.05, 0) is 19.1 Å². The molecule has 0 unspecified atom stereocenters. The van der Waals surface area contributed by atoms with E-state index in [1.807, 2.05) is 0 Å². The second-order valence-corrected chi connectivity index (χ2v) is 9.08. The molecule has 5 N–H and O–H groups in total. The topological polar surface area (TPSA) is 189 Å². The average Bonchev–Trinajstić information content (AvgIpc) is 2.72. The van der Waals surface area contributed by atoms with E-state index in [9.17, 15) is 38.4 Å². The second-order valence-electron chi connectivity index (χ2n) is 7.47. The number of carbonyl (C=O) groups is 2. The lowest BCUT2D eigenvalue weighted by molar-refractivity contribution is -0.296. The molecule has 0 saturated carbocycles. The number of hydrogen-bond acceptors (Lipinski definition) is 11. The van der Waals surface area contributed by atoms with Crippen molar-refractivity contribution in [3.05, 3.63) is 29.8 Å². The van der Waals surface area contributed by atoms with Crippen LogP contribution in [0.4, 0.5) is 0 Å². The first-order chi connectivity index (χ1) is 14.8. The number of nitrogens with one attached hydrogen (secondary N) is 1. The molecule has 1 aliphatic heterocycles. The molecule has 13 heteroatoms. The third-order valence-corrected chi connectivity index (χ3v) is 6.19. The van der Waals surface area contributed by atoms with E-state index in [0.29, 0.717) is 0 Å². The summed E-state index contributed by atoms with van der Waals surface area (Å²) in [5.41, 5.74) is 0.814. The average molecular weight is 477 g/mol. The van der Waals surface area contributed by atoms with Crippen LogP contribution in [0.1, 0.15) is 18.9 Å². The molecule has 1 aromatic rings. The van der Waals surface area contributed by atoms with Gasteiger partial charge in [0.2, 0.25) is 5.91 Å². The normalized spacial score (nSPS) is 27.9. The maximum absolute atomic E-state index is 12.3. The molecule has 1 aromatic carbocycles. The van der Waals surface area contributed by atoms with E-state index in [1.54, 1.807) is 19.1 Å². The van der Waals surface area contributed by atoms with Gasteiger partial charge in [0.15, 0.2) is 0 Å². The minimum atomic E-state index is -4.27. The molecule has 1 amide bonds. The van der Waals surface area contributed by atoms with Gasteiger partial charge < -0.3 is 35.2 Å². The van der Waals surface area contributed by atoms with Gasteiger partial charge in [-0.15, -0.1) is 0 Å². The van der Waals surface area contributed by atoms with Crippen molar-refractivity contribution in [3.63, 3.8) is 0 Å². The number of rotatable bonds is 8. The second kappa shape index (κ2) is 10.2. The Kier molecular flexibility index (Phi) is 8.33. The minimum absolute atomic E-state index is 0.176. The van der Waals surface area contributed by atoms with E-state index in [-0.39, 0.29) is 4.90 Å². The summed E-state index contributed by atoms with van der Waals surface area (Å²) in [5, 5.41) is 43.9. The first-order valence-electron chi connectivity index (χ1n) is 9.56. The Morgan fingerprint density at radius 3 is 2.41 bits per heavy atom. The zero-order valence-electron chi connectivity index (χ0n) is 17.7. The lowest BCUT2D eigenvalue weighted by Crippen LogP contribution is -2.67. The third kappa shape index (κ3) is 6.01. The van der Waals surface area contributed by atoms with Crippen LogP contribution in [0.25, 0.3) is 0 Å². The van der Waals surface area contributed by atoms with Crippen molar-refractivity contribution < 1.29 is 52.1 Å². The summed E-state index contributed by atoms with van der Waals surface area (Å²) >= 11 is 0. The fraction of sp³-hybridized carbons (Fsp3) is 0.579. The highest BCUT2D eigenvalue weighted by Gasteiger charge is 2.54. The van der Waals surface area contributed by atoms with Crippen molar-refractivity contribution in [1.29, 1.82) is 0 Å². The van der Waals surface area contributed by atoms with Crippen LogP contribution < -0.4 is 5.32 Å². The van der Waals surface area contributed by atoms with E-state index in [2.05, 4.69) is 10.1 Å². The third-order valence-electron chi connectivity index (χ3n) is 4.89. The monoisotopic (exact) mass is 477 g/mol. The molecule has 1 aliphatic rings. The molecule has 0 aromatic heterocycles. The molecule has 6 atom stereocenters. The number of esters is 1. The Balaban J connectivity index is 2.19. The molecule has 0 spiro atoms. The van der Waals surface area contributed by atoms with Crippen molar-refractivity contribution in [3.8, 4) is 0 Å². The fourth-order valence-corrected chi connectivity index (χ4v) is 4.14. The molecule has 32 heavy (non-hydrogen) atoms. The van der Waals surface area contributed by atoms with Crippen LogP contribution in [0, 0.1) is 6.92 Å². The van der Waals surface area contributed by atoms with Crippen LogP contribution in [-0.2, 0) is 33.4 Å². The highest BCUT2D eigenvalue weighted by Crippen LogP contribution is 2.31. The first kappa shape index (κ1) is 26.1. The Hall–Kier alpha value is -2.13. The van der Waals surface area contributed by atoms with Gasteiger partial charge in [0.25, 0.3) is 15.9 Å². The van der Waals surface area contributed by atoms with Crippen LogP contribution in [0.5, 0.6) is 0 Å². The Morgan fingerprint density at radius 2 is 1.88 bits per heavy atom. The molecular weight excluding hydrogens is 450 g/mol. The maximum Gasteiger partial charge on any atom is 0.366 e. The zero-order chi connectivity index (χ0) is 24.3. The van der Waals surface area contributed by atoms with Gasteiger partial charge in [-0.3, -0.25) is 8.98 Å². The van der Waals surface area contributed by atoms with Crippen LogP contribution in [0.2, 0.25) is 0 Å². The number of amides is 1. The Labute approximate surface area is 184 Å². The summed E-state index contributed by atoms with van der Waals surface area (Å²) < 4.78 is 39.0. The van der Waals surface area contributed by atoms with E-state index >= 15 is 0 Å². The van der Waals surface area contributed by atoms with Gasteiger partial charge in [-0.2, -0.15) is 8.42 Å². The highest BCUT2D eigenvalue weighted by molar-refractivity contribution is 7.86. The van der Waals surface area contributed by atoms with E-state index in [4.69, 9.17) is 8.92 Å². The lowest BCUT2D eigenvalue weighted by atomic mass is 9.88. The number of aliphatic hydroxyl groups excluding tert-OH is 3. The smallest absolute Gasteiger partial charge is 0.366 e. The van der Waals surface area contributed by atoms with Crippen molar-refractivity contribution >= 4 is 22.0 Å². The van der Waals surface area contributed by atoms with Gasteiger partial charge in [0.1, 0.15) is 18.3 Å². The summed E-state index contributed by atoms with van der Waals surface area (Å²) in [6.45, 7) is 1.96. The maximum atomic E-state index is 12.3. The fourth-order valence-electron chi connectivity index (χ4n) is 3.21. The minimum Gasteiger partial charge on any atom is -0.465 e. The number of carbonyl (C=O) groups excluding carboxylic acids is 2. The number of aliphatic hydroxyl groups is 4. The summed E-state index contributed by atoms with van der Waals surface area (Å²) in [6.07, 6.45) is -7.91. The SMILES string of the molecule is COC(=O)[C@]1(O)C[C@H](O)[C@@H](NC(C)=O)[C@H]([C@H](O)[C@H](O)COS(=O)(=O)c2ccc(C)cc2)O1. The van der Waals surface area contributed by atoms with E-state index in [0.717, 1.165) is 19.6 Å². The van der Waals surface area contributed by atoms with Gasteiger partial charge in [-0.25, -0.2) is 4.79 Å². The number of hydrogen-bond donors (Lipinski definition) is 5. The molecule has 1 fully saturated rings. The van der Waals surface area contributed by atoms with E-state index < -0.39 is 71.3 Å². The molecule has 180 valence electrons. The molecule has 2 rings (SSSR count). The van der Waals surface area contributed by atoms with Gasteiger partial charge >= 0.3 is 5.97 Å². The molecule has 1 saturated heterocycles. The van der Waals surface area contributed by atoms with Gasteiger partial charge in [0, 0.05) is 13.3 Å². The summed E-state index contributed by atoms with van der Waals surface area (Å²) in [4.78, 5) is 23.2. The largest absolute Gasteiger partial charge is 0.465 e. The summed E-state index contributed by atoms with van der Waals surface area (Å²) in [6, 6.07) is 4.35. The molecular formula is C19H27NO11S. The molecule has 1 heterocycles. The number of benzene rings is 1. The van der Waals surface area contributed by atoms with Crippen molar-refractivity contribution in [2.45, 2.75) is 61.4 Å². The Bertz CT molecular complexity index is 920.